The van der Waals surface area contributed by atoms with E-state index in [4.69, 9.17) is 4.42 Å². The molecule has 158 valence electrons. The second-order valence-corrected chi connectivity index (χ2v) is 8.65. The molecule has 0 saturated carbocycles. The number of aromatic nitrogens is 4. The molecule has 0 atom stereocenters. The third kappa shape index (κ3) is 4.16. The number of nitrogens with one attached hydrogen (secondary N) is 1. The van der Waals surface area contributed by atoms with E-state index in [9.17, 15) is 4.79 Å². The van der Waals surface area contributed by atoms with Crippen molar-refractivity contribution in [3.05, 3.63) is 59.1 Å². The molecule has 0 saturated heterocycles. The van der Waals surface area contributed by atoms with Crippen LogP contribution in [0.5, 0.6) is 0 Å². The predicted molar refractivity (Wildman–Crippen MR) is 120 cm³/mol. The molecule has 1 N–H and O–H groups in total. The van der Waals surface area contributed by atoms with Gasteiger partial charge in [0.25, 0.3) is 0 Å². The van der Waals surface area contributed by atoms with E-state index in [1.807, 2.05) is 48.7 Å². The Balaban J connectivity index is 1.31. The average molecular weight is 434 g/mol. The minimum Gasteiger partial charge on any atom is -0.440 e. The maximum atomic E-state index is 12.7. The second kappa shape index (κ2) is 8.47. The molecule has 1 aromatic carbocycles. The van der Waals surface area contributed by atoms with E-state index in [0.717, 1.165) is 53.6 Å². The highest BCUT2D eigenvalue weighted by molar-refractivity contribution is 7.13. The molecule has 0 radical (unpaired) electrons. The van der Waals surface area contributed by atoms with Crippen molar-refractivity contribution in [1.29, 1.82) is 0 Å². The monoisotopic (exact) mass is 433 g/mol. The van der Waals surface area contributed by atoms with E-state index in [0.29, 0.717) is 17.3 Å². The molecule has 4 heterocycles. The number of aryl methyl sites for hydroxylation is 2. The number of oxazole rings is 1. The van der Waals surface area contributed by atoms with E-state index in [1.165, 1.54) is 6.42 Å². The fourth-order valence-electron chi connectivity index (χ4n) is 3.89. The zero-order chi connectivity index (χ0) is 21.2. The summed E-state index contributed by atoms with van der Waals surface area (Å²) in [5.41, 5.74) is 2.34. The lowest BCUT2D eigenvalue weighted by Gasteiger charge is -2.09. The number of thiophene rings is 1. The van der Waals surface area contributed by atoms with E-state index in [2.05, 4.69) is 25.1 Å². The number of carbonyl (C=O) groups excluding carboxylic acids is 1. The predicted octanol–water partition coefficient (Wildman–Crippen LogP) is 4.88. The van der Waals surface area contributed by atoms with Gasteiger partial charge < -0.3 is 14.3 Å². The number of benzene rings is 1. The lowest BCUT2D eigenvalue weighted by molar-refractivity contribution is -0.115. The summed E-state index contributed by atoms with van der Waals surface area (Å²) in [6.45, 7) is 2.77. The van der Waals surface area contributed by atoms with Gasteiger partial charge >= 0.3 is 0 Å². The van der Waals surface area contributed by atoms with Gasteiger partial charge in [0, 0.05) is 24.2 Å². The van der Waals surface area contributed by atoms with Gasteiger partial charge in [-0.15, -0.1) is 21.5 Å². The summed E-state index contributed by atoms with van der Waals surface area (Å²) in [7, 11) is 0. The van der Waals surface area contributed by atoms with Crippen molar-refractivity contribution in [2.24, 2.45) is 0 Å². The van der Waals surface area contributed by atoms with E-state index in [-0.39, 0.29) is 12.3 Å². The van der Waals surface area contributed by atoms with Crippen molar-refractivity contribution < 1.29 is 9.21 Å². The maximum absolute atomic E-state index is 12.7. The van der Waals surface area contributed by atoms with E-state index < -0.39 is 0 Å². The number of hydrogen-bond acceptors (Lipinski definition) is 6. The average Bonchev–Trinajstić information content (AvgIpc) is 3.47. The summed E-state index contributed by atoms with van der Waals surface area (Å²) in [4.78, 5) is 18.1. The number of nitrogens with zero attached hydrogens (tertiary/aromatic N) is 4. The van der Waals surface area contributed by atoms with Crippen LogP contribution in [0.15, 0.2) is 46.2 Å². The van der Waals surface area contributed by atoms with Gasteiger partial charge in [0.2, 0.25) is 11.8 Å². The standard InChI is InChI=1S/C23H23N5O2S/c1-15-18(25-23(30-15)19-9-6-12-31-19)14-21(29)24-17-8-5-7-16(13-17)22-27-26-20-10-3-2-4-11-28(20)22/h5-9,12-13H,2-4,10-11,14H2,1H3,(H,24,29). The fourth-order valence-corrected chi connectivity index (χ4v) is 4.54. The van der Waals surface area contributed by atoms with Crippen molar-refractivity contribution in [2.75, 3.05) is 5.32 Å². The highest BCUT2D eigenvalue weighted by Crippen LogP contribution is 2.27. The Morgan fingerprint density at radius 3 is 3.00 bits per heavy atom. The molecule has 5 rings (SSSR count). The quantitative estimate of drug-likeness (QED) is 0.485. The Morgan fingerprint density at radius 1 is 1.19 bits per heavy atom. The van der Waals surface area contributed by atoms with Gasteiger partial charge in [-0.1, -0.05) is 24.6 Å². The topological polar surface area (TPSA) is 85.8 Å². The van der Waals surface area contributed by atoms with Gasteiger partial charge in [0.15, 0.2) is 5.82 Å². The zero-order valence-corrected chi connectivity index (χ0v) is 18.1. The number of amides is 1. The summed E-state index contributed by atoms with van der Waals surface area (Å²) in [5.74, 6) is 3.00. The van der Waals surface area contributed by atoms with Crippen molar-refractivity contribution in [3.63, 3.8) is 0 Å². The van der Waals surface area contributed by atoms with Crippen molar-refractivity contribution >= 4 is 22.9 Å². The Bertz CT molecular complexity index is 1210. The third-order valence-corrected chi connectivity index (χ3v) is 6.32. The molecule has 0 aliphatic carbocycles. The van der Waals surface area contributed by atoms with Crippen LogP contribution in [0.25, 0.3) is 22.2 Å². The molecule has 1 aliphatic heterocycles. The Kier molecular flexibility index (Phi) is 5.38. The largest absolute Gasteiger partial charge is 0.440 e. The smallest absolute Gasteiger partial charge is 0.236 e. The third-order valence-electron chi connectivity index (χ3n) is 5.47. The summed E-state index contributed by atoms with van der Waals surface area (Å²) < 4.78 is 7.95. The molecule has 0 unspecified atom stereocenters. The molecule has 1 aliphatic rings. The first-order valence-electron chi connectivity index (χ1n) is 10.5. The first kappa shape index (κ1) is 19.7. The lowest BCUT2D eigenvalue weighted by Crippen LogP contribution is -2.15. The van der Waals surface area contributed by atoms with Crippen LogP contribution in [-0.2, 0) is 24.2 Å². The van der Waals surface area contributed by atoms with Crippen LogP contribution in [0, 0.1) is 6.92 Å². The maximum Gasteiger partial charge on any atom is 0.236 e. The second-order valence-electron chi connectivity index (χ2n) is 7.71. The number of carbonyl (C=O) groups is 1. The van der Waals surface area contributed by atoms with Gasteiger partial charge in [0.05, 0.1) is 17.0 Å². The first-order chi connectivity index (χ1) is 15.2. The molecule has 0 spiro atoms. The van der Waals surface area contributed by atoms with Gasteiger partial charge in [-0.2, -0.15) is 0 Å². The molecule has 31 heavy (non-hydrogen) atoms. The van der Waals surface area contributed by atoms with Crippen molar-refractivity contribution in [1.82, 2.24) is 19.7 Å². The Labute approximate surface area is 184 Å². The Hall–Kier alpha value is -3.26. The minimum absolute atomic E-state index is 0.133. The SMILES string of the molecule is Cc1oc(-c2cccs2)nc1CC(=O)Nc1cccc(-c2nnc3n2CCCCC3)c1. The van der Waals surface area contributed by atoms with Gasteiger partial charge in [-0.05, 0) is 43.3 Å². The first-order valence-corrected chi connectivity index (χ1v) is 11.4. The normalized spacial score (nSPS) is 13.6. The van der Waals surface area contributed by atoms with Crippen molar-refractivity contribution in [2.45, 2.75) is 45.6 Å². The number of rotatable bonds is 5. The molecule has 3 aromatic heterocycles. The molecule has 4 aromatic rings. The highest BCUT2D eigenvalue weighted by atomic mass is 32.1. The van der Waals surface area contributed by atoms with Crippen LogP contribution in [0.3, 0.4) is 0 Å². The number of anilines is 1. The molecule has 7 nitrogen and oxygen atoms in total. The van der Waals surface area contributed by atoms with Crippen LogP contribution >= 0.6 is 11.3 Å². The fraction of sp³-hybridized carbons (Fsp3) is 0.304. The minimum atomic E-state index is -0.133. The lowest BCUT2D eigenvalue weighted by atomic mass is 10.1. The zero-order valence-electron chi connectivity index (χ0n) is 17.3. The van der Waals surface area contributed by atoms with E-state index >= 15 is 0 Å². The van der Waals surface area contributed by atoms with Crippen LogP contribution in [0.2, 0.25) is 0 Å². The van der Waals surface area contributed by atoms with Gasteiger partial charge in [-0.25, -0.2) is 4.98 Å². The van der Waals surface area contributed by atoms with Crippen LogP contribution in [0.1, 0.15) is 36.5 Å². The molecule has 1 amide bonds. The van der Waals surface area contributed by atoms with Gasteiger partial charge in [-0.3, -0.25) is 4.79 Å². The molecule has 8 heteroatoms. The summed E-state index contributed by atoms with van der Waals surface area (Å²) in [5, 5.41) is 13.8. The molecular formula is C23H23N5O2S. The van der Waals surface area contributed by atoms with Gasteiger partial charge in [0.1, 0.15) is 11.6 Å². The number of fused-ring (bicyclic) bond motifs is 1. The molecular weight excluding hydrogens is 410 g/mol. The van der Waals surface area contributed by atoms with E-state index in [1.54, 1.807) is 11.3 Å². The Morgan fingerprint density at radius 2 is 2.13 bits per heavy atom. The molecule has 0 bridgehead atoms. The van der Waals surface area contributed by atoms with Crippen LogP contribution < -0.4 is 5.32 Å². The number of hydrogen-bond donors (Lipinski definition) is 1. The van der Waals surface area contributed by atoms with Crippen LogP contribution in [-0.4, -0.2) is 25.7 Å². The summed E-state index contributed by atoms with van der Waals surface area (Å²) in [6.07, 6.45) is 4.64. The van der Waals surface area contributed by atoms with Crippen LogP contribution in [0.4, 0.5) is 5.69 Å². The van der Waals surface area contributed by atoms with Crippen molar-refractivity contribution in [3.8, 4) is 22.2 Å². The molecule has 0 fully saturated rings. The summed E-state index contributed by atoms with van der Waals surface area (Å²) in [6, 6.07) is 11.7. The highest BCUT2D eigenvalue weighted by Gasteiger charge is 2.18. The summed E-state index contributed by atoms with van der Waals surface area (Å²) >= 11 is 1.56.